The molecule has 1 fully saturated rings. The van der Waals surface area contributed by atoms with Gasteiger partial charge in [-0.3, -0.25) is 19.9 Å². The highest BCUT2D eigenvalue weighted by atomic mass is 16.5. The smallest absolute Gasteiger partial charge is 0.335 e. The summed E-state index contributed by atoms with van der Waals surface area (Å²) in [6, 6.07) is 13.0. The number of aliphatic imine (C=N–C) groups is 1. The molecular weight excluding hydrogens is 360 g/mol. The maximum atomic E-state index is 12.8. The molecule has 1 aliphatic rings. The highest BCUT2D eigenvalue weighted by Crippen LogP contribution is 2.25. The van der Waals surface area contributed by atoms with Crippen LogP contribution in [0, 0.1) is 5.92 Å². The second kappa shape index (κ2) is 7.91. The van der Waals surface area contributed by atoms with Crippen LogP contribution in [0.25, 0.3) is 0 Å². The zero-order valence-electron chi connectivity index (χ0n) is 15.7. The van der Waals surface area contributed by atoms with E-state index in [1.807, 2.05) is 31.1 Å². The van der Waals surface area contributed by atoms with Gasteiger partial charge in [-0.05, 0) is 36.4 Å². The normalized spacial score (nSPS) is 17.0. The Balaban J connectivity index is 1.85. The molecule has 8 heteroatoms. The topological polar surface area (TPSA) is 91.3 Å². The summed E-state index contributed by atoms with van der Waals surface area (Å²) in [5.41, 5.74) is 1.90. The van der Waals surface area contributed by atoms with E-state index in [4.69, 9.17) is 4.74 Å². The highest BCUT2D eigenvalue weighted by molar-refractivity contribution is 6.32. The van der Waals surface area contributed by atoms with Crippen LogP contribution in [0.5, 0.6) is 5.75 Å². The number of carbonyl (C=O) groups is 3. The Kier molecular flexibility index (Phi) is 5.39. The Morgan fingerprint density at radius 3 is 2.46 bits per heavy atom. The lowest BCUT2D eigenvalue weighted by Gasteiger charge is -2.28. The molecule has 1 N–H and O–H groups in total. The molecule has 0 spiro atoms. The Labute approximate surface area is 162 Å². The lowest BCUT2D eigenvalue weighted by atomic mass is 10.1. The number of imide groups is 2. The highest BCUT2D eigenvalue weighted by Gasteiger charge is 2.40. The number of barbiturate groups is 1. The van der Waals surface area contributed by atoms with Crippen LogP contribution < -0.4 is 19.9 Å². The number of nitrogens with one attached hydrogen (secondary N) is 1. The molecule has 4 amide bonds. The number of amides is 4. The van der Waals surface area contributed by atoms with Crippen LogP contribution in [0.4, 0.5) is 21.9 Å². The van der Waals surface area contributed by atoms with Gasteiger partial charge in [0, 0.05) is 32.1 Å². The van der Waals surface area contributed by atoms with Crippen molar-refractivity contribution in [3.8, 4) is 5.75 Å². The fourth-order valence-electron chi connectivity index (χ4n) is 2.71. The molecule has 144 valence electrons. The third-order valence-electron chi connectivity index (χ3n) is 4.25. The van der Waals surface area contributed by atoms with Gasteiger partial charge in [-0.15, -0.1) is 0 Å². The van der Waals surface area contributed by atoms with Crippen LogP contribution in [0.15, 0.2) is 53.5 Å². The molecule has 0 radical (unpaired) electrons. The molecule has 1 aliphatic heterocycles. The number of ether oxygens (including phenoxy) is 1. The molecule has 0 unspecified atom stereocenters. The van der Waals surface area contributed by atoms with Crippen molar-refractivity contribution in [1.29, 1.82) is 0 Å². The van der Waals surface area contributed by atoms with E-state index in [-0.39, 0.29) is 0 Å². The first kappa shape index (κ1) is 19.1. The minimum absolute atomic E-state index is 0.308. The van der Waals surface area contributed by atoms with Crippen LogP contribution >= 0.6 is 0 Å². The number of urea groups is 1. The van der Waals surface area contributed by atoms with Crippen LogP contribution in [-0.4, -0.2) is 45.3 Å². The summed E-state index contributed by atoms with van der Waals surface area (Å²) < 4.78 is 5.13. The average molecular weight is 380 g/mol. The number of rotatable bonds is 5. The first-order valence-electron chi connectivity index (χ1n) is 8.55. The summed E-state index contributed by atoms with van der Waals surface area (Å²) in [5.74, 6) is -2.10. The molecule has 8 nitrogen and oxygen atoms in total. The van der Waals surface area contributed by atoms with E-state index in [2.05, 4.69) is 10.3 Å². The number of carbonyl (C=O) groups excluding carboxylic acids is 3. The summed E-state index contributed by atoms with van der Waals surface area (Å²) in [6.07, 6.45) is 1.25. The number of hydrogen-bond donors (Lipinski definition) is 1. The molecule has 1 atom stereocenters. The van der Waals surface area contributed by atoms with Gasteiger partial charge in [0.25, 0.3) is 5.91 Å². The summed E-state index contributed by atoms with van der Waals surface area (Å²) in [7, 11) is 5.33. The zero-order valence-corrected chi connectivity index (χ0v) is 15.7. The van der Waals surface area contributed by atoms with Crippen molar-refractivity contribution < 1.29 is 19.1 Å². The summed E-state index contributed by atoms with van der Waals surface area (Å²) in [4.78, 5) is 44.3. The minimum atomic E-state index is -1.21. The SMILES string of the molecule is COc1cccc(N2C(=O)NC(=O)[C@H](C=Nc3ccc(N(C)C)cc3)C2=O)c1. The van der Waals surface area contributed by atoms with Gasteiger partial charge in [0.1, 0.15) is 5.75 Å². The second-order valence-corrected chi connectivity index (χ2v) is 6.34. The van der Waals surface area contributed by atoms with Crippen LogP contribution in [0.1, 0.15) is 0 Å². The van der Waals surface area contributed by atoms with Crippen molar-refractivity contribution in [1.82, 2.24) is 5.32 Å². The van der Waals surface area contributed by atoms with Crippen LogP contribution in [-0.2, 0) is 9.59 Å². The van der Waals surface area contributed by atoms with Crippen molar-refractivity contribution in [3.63, 3.8) is 0 Å². The van der Waals surface area contributed by atoms with Crippen molar-refractivity contribution >= 4 is 41.1 Å². The van der Waals surface area contributed by atoms with E-state index >= 15 is 0 Å². The average Bonchev–Trinajstić information content (AvgIpc) is 2.68. The largest absolute Gasteiger partial charge is 0.497 e. The third kappa shape index (κ3) is 3.85. The van der Waals surface area contributed by atoms with Gasteiger partial charge in [0.15, 0.2) is 5.92 Å². The Hall–Kier alpha value is -3.68. The second-order valence-electron chi connectivity index (χ2n) is 6.34. The van der Waals surface area contributed by atoms with Gasteiger partial charge in [0.2, 0.25) is 5.91 Å². The number of anilines is 2. The molecule has 2 aromatic carbocycles. The lowest BCUT2D eigenvalue weighted by Crippen LogP contribution is -2.58. The first-order valence-corrected chi connectivity index (χ1v) is 8.55. The van der Waals surface area contributed by atoms with Gasteiger partial charge >= 0.3 is 6.03 Å². The molecule has 1 heterocycles. The molecule has 2 aromatic rings. The molecule has 0 saturated carbocycles. The molecule has 3 rings (SSSR count). The number of hydrogen-bond acceptors (Lipinski definition) is 6. The maximum absolute atomic E-state index is 12.8. The van der Waals surface area contributed by atoms with Crippen LogP contribution in [0.2, 0.25) is 0 Å². The number of benzene rings is 2. The molecule has 0 bridgehead atoms. The predicted octanol–water partition coefficient (Wildman–Crippen LogP) is 2.36. The van der Waals surface area contributed by atoms with Gasteiger partial charge in [-0.2, -0.15) is 0 Å². The Bertz CT molecular complexity index is 937. The van der Waals surface area contributed by atoms with Crippen LogP contribution in [0.3, 0.4) is 0 Å². The maximum Gasteiger partial charge on any atom is 0.335 e. The quantitative estimate of drug-likeness (QED) is 0.635. The number of methoxy groups -OCH3 is 1. The molecule has 0 aliphatic carbocycles. The molecule has 28 heavy (non-hydrogen) atoms. The summed E-state index contributed by atoms with van der Waals surface area (Å²) >= 11 is 0. The van der Waals surface area contributed by atoms with E-state index in [1.165, 1.54) is 13.3 Å². The van der Waals surface area contributed by atoms with E-state index in [0.29, 0.717) is 17.1 Å². The van der Waals surface area contributed by atoms with Crippen molar-refractivity contribution in [2.75, 3.05) is 31.0 Å². The fraction of sp³-hybridized carbons (Fsp3) is 0.200. The minimum Gasteiger partial charge on any atom is -0.497 e. The molecule has 0 aromatic heterocycles. The van der Waals surface area contributed by atoms with Gasteiger partial charge in [0.05, 0.1) is 18.5 Å². The van der Waals surface area contributed by atoms with Crippen molar-refractivity contribution in [3.05, 3.63) is 48.5 Å². The van der Waals surface area contributed by atoms with Gasteiger partial charge in [-0.1, -0.05) is 6.07 Å². The van der Waals surface area contributed by atoms with Crippen molar-refractivity contribution in [2.24, 2.45) is 10.9 Å². The van der Waals surface area contributed by atoms with Gasteiger partial charge < -0.3 is 9.64 Å². The van der Waals surface area contributed by atoms with E-state index < -0.39 is 23.8 Å². The monoisotopic (exact) mass is 380 g/mol. The van der Waals surface area contributed by atoms with Gasteiger partial charge in [-0.25, -0.2) is 9.69 Å². The molecule has 1 saturated heterocycles. The standard InChI is InChI=1S/C20H20N4O4/c1-23(2)14-9-7-13(8-10-14)21-12-17-18(25)22-20(27)24(19(17)26)15-5-4-6-16(11-15)28-3/h4-12,17H,1-3H3,(H,22,25,27)/t17-/m0/s1. The predicted molar refractivity (Wildman–Crippen MR) is 106 cm³/mol. The fourth-order valence-corrected chi connectivity index (χ4v) is 2.71. The van der Waals surface area contributed by atoms with E-state index in [9.17, 15) is 14.4 Å². The van der Waals surface area contributed by atoms with E-state index in [1.54, 1.807) is 36.4 Å². The molecular formula is C20H20N4O4. The van der Waals surface area contributed by atoms with Crippen molar-refractivity contribution in [2.45, 2.75) is 0 Å². The summed E-state index contributed by atoms with van der Waals surface area (Å²) in [5, 5.41) is 2.19. The first-order chi connectivity index (χ1) is 13.4. The van der Waals surface area contributed by atoms with E-state index in [0.717, 1.165) is 10.6 Å². The third-order valence-corrected chi connectivity index (χ3v) is 4.25. The lowest BCUT2D eigenvalue weighted by molar-refractivity contribution is -0.131. The summed E-state index contributed by atoms with van der Waals surface area (Å²) in [6.45, 7) is 0. The zero-order chi connectivity index (χ0) is 20.3. The Morgan fingerprint density at radius 2 is 1.82 bits per heavy atom. The Morgan fingerprint density at radius 1 is 1.11 bits per heavy atom. The number of nitrogens with zero attached hydrogens (tertiary/aromatic N) is 3.